The zero-order chi connectivity index (χ0) is 46.4. The lowest BCUT2D eigenvalue weighted by Gasteiger charge is -2.36. The van der Waals surface area contributed by atoms with Crippen LogP contribution in [0.3, 0.4) is 0 Å². The Hall–Kier alpha value is -7.71. The van der Waals surface area contributed by atoms with Crippen molar-refractivity contribution in [2.75, 3.05) is 7.05 Å². The Labute approximate surface area is 370 Å². The van der Waals surface area contributed by atoms with Crippen LogP contribution in [0.1, 0.15) is 41.8 Å². The molecule has 1 fully saturated rings. The number of carboxylic acids is 1. The molecule has 2 aliphatic rings. The Bertz CT molecular complexity index is 2730. The molecule has 10 N–H and O–H groups in total. The normalized spacial score (nSPS) is 19.2. The number of likely N-dealkylation sites (N-methyl/N-ethyl adjacent to an activating group) is 1. The molecule has 0 spiro atoms. The predicted octanol–water partition coefficient (Wildman–Crippen LogP) is 0.614. The van der Waals surface area contributed by atoms with E-state index in [-0.39, 0.29) is 43.7 Å². The molecule has 0 bridgehead atoms. The molecule has 5 amide bonds. The summed E-state index contributed by atoms with van der Waals surface area (Å²) >= 11 is 0. The number of carboxylic acid groups (broad SMARTS) is 1. The second-order valence-electron chi connectivity index (χ2n) is 16.0. The van der Waals surface area contributed by atoms with Crippen LogP contribution in [0.15, 0.2) is 113 Å². The van der Waals surface area contributed by atoms with E-state index >= 15 is 0 Å². The SMILES string of the molecule is C[C@@H]([C@H](NC(=O)[C@H](Cc1ccccc1)NC(=O)N[C@@H](Cc1c[nH]c2ccccc12)C(=O)O)C(=O)N/C=C1/C[C@@H](O)[C@H](n2ccc(=O)[nH]c2=O)O1)N(C)C(=O)[C@@H]1Cc2cccc(O)c2CN1. The maximum atomic E-state index is 14.4. The first kappa shape index (κ1) is 45.3. The number of aliphatic hydroxyl groups is 1. The van der Waals surface area contributed by atoms with Gasteiger partial charge in [-0.05, 0) is 42.2 Å². The molecule has 2 aliphatic heterocycles. The zero-order valence-electron chi connectivity index (χ0n) is 35.3. The third kappa shape index (κ3) is 10.6. The number of aromatic hydroxyl groups is 1. The van der Waals surface area contributed by atoms with Crippen molar-refractivity contribution >= 4 is 40.6 Å². The average Bonchev–Trinajstić information content (AvgIpc) is 3.88. The Balaban J connectivity index is 1.12. The monoisotopic (exact) mass is 891 g/mol. The summed E-state index contributed by atoms with van der Waals surface area (Å²) in [5, 5.41) is 45.5. The van der Waals surface area contributed by atoms with Gasteiger partial charge < -0.3 is 56.5 Å². The average molecular weight is 892 g/mol. The van der Waals surface area contributed by atoms with Gasteiger partial charge in [-0.3, -0.25) is 28.7 Å². The lowest BCUT2D eigenvalue weighted by Crippen LogP contribution is -2.63. The highest BCUT2D eigenvalue weighted by Gasteiger charge is 2.38. The van der Waals surface area contributed by atoms with Gasteiger partial charge in [-0.15, -0.1) is 0 Å². The van der Waals surface area contributed by atoms with Gasteiger partial charge in [-0.1, -0.05) is 60.7 Å². The number of aromatic amines is 2. The lowest BCUT2D eigenvalue weighted by atomic mass is 9.94. The molecule has 7 atom stereocenters. The van der Waals surface area contributed by atoms with E-state index in [0.717, 1.165) is 39.5 Å². The van der Waals surface area contributed by atoms with E-state index in [2.05, 4.69) is 36.6 Å². The van der Waals surface area contributed by atoms with E-state index in [4.69, 9.17) is 4.74 Å². The molecule has 7 rings (SSSR count). The number of carbonyl (C=O) groups is 5. The molecule has 4 heterocycles. The van der Waals surface area contributed by atoms with E-state index < -0.39 is 83.5 Å². The van der Waals surface area contributed by atoms with Crippen molar-refractivity contribution in [1.29, 1.82) is 0 Å². The molecule has 0 aliphatic carbocycles. The van der Waals surface area contributed by atoms with Gasteiger partial charge in [0.25, 0.3) is 5.56 Å². The van der Waals surface area contributed by atoms with E-state index in [9.17, 15) is 48.9 Å². The summed E-state index contributed by atoms with van der Waals surface area (Å²) in [4.78, 5) is 99.3. The molecule has 65 heavy (non-hydrogen) atoms. The van der Waals surface area contributed by atoms with Crippen molar-refractivity contribution in [3.63, 3.8) is 0 Å². The van der Waals surface area contributed by atoms with E-state index in [1.165, 1.54) is 11.9 Å². The minimum absolute atomic E-state index is 0.0466. The molecular formula is C45H49N9O11. The molecule has 1 saturated heterocycles. The number of phenolic OH excluding ortho intramolecular Hbond substituents is 1. The van der Waals surface area contributed by atoms with Gasteiger partial charge in [0.1, 0.15) is 35.7 Å². The Morgan fingerprint density at radius 1 is 0.908 bits per heavy atom. The number of aliphatic hydroxyl groups excluding tert-OH is 1. The second kappa shape index (κ2) is 19.8. The summed E-state index contributed by atoms with van der Waals surface area (Å²) in [6, 6.07) is 15.0. The van der Waals surface area contributed by atoms with Crippen LogP contribution in [-0.2, 0) is 49.7 Å². The van der Waals surface area contributed by atoms with Crippen molar-refractivity contribution in [1.82, 2.24) is 46.0 Å². The van der Waals surface area contributed by atoms with E-state index in [1.807, 2.05) is 24.3 Å². The minimum atomic E-state index is -1.51. The number of hydrogen-bond acceptors (Lipinski definition) is 11. The molecule has 0 unspecified atom stereocenters. The molecule has 2 aromatic heterocycles. The molecule has 340 valence electrons. The highest BCUT2D eigenvalue weighted by Crippen LogP contribution is 2.30. The quantitative estimate of drug-likeness (QED) is 0.0693. The number of fused-ring (bicyclic) bond motifs is 2. The number of urea groups is 1. The van der Waals surface area contributed by atoms with Gasteiger partial charge in [0, 0.05) is 74.0 Å². The first-order valence-corrected chi connectivity index (χ1v) is 20.8. The van der Waals surface area contributed by atoms with Gasteiger partial charge in [-0.25, -0.2) is 14.4 Å². The van der Waals surface area contributed by atoms with Crippen molar-refractivity contribution in [2.24, 2.45) is 0 Å². The third-order valence-electron chi connectivity index (χ3n) is 11.6. The molecule has 5 aromatic rings. The lowest BCUT2D eigenvalue weighted by molar-refractivity contribution is -0.139. The van der Waals surface area contributed by atoms with Crippen molar-refractivity contribution in [3.05, 3.63) is 146 Å². The van der Waals surface area contributed by atoms with Crippen LogP contribution in [0.2, 0.25) is 0 Å². The Morgan fingerprint density at radius 3 is 2.40 bits per heavy atom. The van der Waals surface area contributed by atoms with Crippen molar-refractivity contribution in [2.45, 2.75) is 81.7 Å². The van der Waals surface area contributed by atoms with Gasteiger partial charge >= 0.3 is 17.7 Å². The van der Waals surface area contributed by atoms with Gasteiger partial charge in [0.05, 0.1) is 12.1 Å². The molecular weight excluding hydrogens is 843 g/mol. The smallest absolute Gasteiger partial charge is 0.331 e. The first-order chi connectivity index (χ1) is 31.2. The van der Waals surface area contributed by atoms with Gasteiger partial charge in [0.15, 0.2) is 0 Å². The van der Waals surface area contributed by atoms with Crippen LogP contribution in [0.25, 0.3) is 10.9 Å². The van der Waals surface area contributed by atoms with Crippen molar-refractivity contribution < 1.29 is 44.0 Å². The number of carbonyl (C=O) groups excluding carboxylic acids is 4. The summed E-state index contributed by atoms with van der Waals surface area (Å²) in [5.41, 5.74) is 1.99. The fourth-order valence-electron chi connectivity index (χ4n) is 7.97. The molecule has 0 radical (unpaired) electrons. The number of phenols is 1. The highest BCUT2D eigenvalue weighted by molar-refractivity contribution is 5.94. The number of hydrogen-bond donors (Lipinski definition) is 10. The fourth-order valence-corrected chi connectivity index (χ4v) is 7.97. The summed E-state index contributed by atoms with van der Waals surface area (Å²) in [5.74, 6) is -3.29. The summed E-state index contributed by atoms with van der Waals surface area (Å²) in [6.07, 6.45) is 1.38. The zero-order valence-corrected chi connectivity index (χ0v) is 35.3. The number of rotatable bonds is 15. The summed E-state index contributed by atoms with van der Waals surface area (Å²) in [6.45, 7) is 1.74. The molecule has 0 saturated carbocycles. The standard InChI is InChI=1S/C45H49N9O11/c1-24(53(2)41(60)33-18-26-11-8-14-35(55)30(26)23-47-33)38(40(59)48-22-28-20-36(56)42(65-28)54-16-15-37(57)51-45(54)64)52-39(58)32(17-25-9-4-3-5-10-25)49-44(63)50-34(43(61)62)19-27-21-46-31-13-7-6-12-29(27)31/h3-16,21-22,24,32-34,36,38,42,46-47,55-56H,17-20,23H2,1-2H3,(H,48,59)(H,52,58)(H,61,62)(H2,49,50,63)(H,51,57,64)/b28-22-/t24-,32-,33-,34-,36+,38-,42+/m0/s1. The maximum Gasteiger partial charge on any atom is 0.331 e. The van der Waals surface area contributed by atoms with Gasteiger partial charge in [-0.2, -0.15) is 0 Å². The number of amides is 5. The third-order valence-corrected chi connectivity index (χ3v) is 11.6. The molecule has 20 nitrogen and oxygen atoms in total. The Morgan fingerprint density at radius 2 is 1.65 bits per heavy atom. The van der Waals surface area contributed by atoms with E-state index in [1.54, 1.807) is 61.7 Å². The number of H-pyrrole nitrogens is 2. The summed E-state index contributed by atoms with van der Waals surface area (Å²) < 4.78 is 6.75. The van der Waals surface area contributed by atoms with Crippen LogP contribution in [-0.4, -0.2) is 108 Å². The summed E-state index contributed by atoms with van der Waals surface area (Å²) in [7, 11) is 1.47. The maximum absolute atomic E-state index is 14.4. The number of nitrogens with zero attached hydrogens (tertiary/aromatic N) is 2. The fraction of sp³-hybridized carbons (Fsp3) is 0.311. The predicted molar refractivity (Wildman–Crippen MR) is 234 cm³/mol. The topological polar surface area (TPSA) is 289 Å². The Kier molecular flexibility index (Phi) is 13.8. The van der Waals surface area contributed by atoms with Crippen molar-refractivity contribution in [3.8, 4) is 5.75 Å². The first-order valence-electron chi connectivity index (χ1n) is 20.8. The largest absolute Gasteiger partial charge is 0.508 e. The number of aromatic nitrogens is 3. The van der Waals surface area contributed by atoms with Gasteiger partial charge in [0.2, 0.25) is 23.9 Å². The number of benzene rings is 3. The minimum Gasteiger partial charge on any atom is -0.508 e. The number of aliphatic carboxylic acids is 1. The van der Waals surface area contributed by atoms with Crippen LogP contribution >= 0.6 is 0 Å². The second-order valence-corrected chi connectivity index (χ2v) is 16.0. The van der Waals surface area contributed by atoms with Crippen LogP contribution < -0.4 is 37.8 Å². The van der Waals surface area contributed by atoms with E-state index in [0.29, 0.717) is 16.7 Å². The number of nitrogens with one attached hydrogen (secondary N) is 7. The van der Waals surface area contributed by atoms with Crippen LogP contribution in [0, 0.1) is 0 Å². The number of ether oxygens (including phenoxy) is 1. The molecule has 3 aromatic carbocycles. The van der Waals surface area contributed by atoms with Crippen LogP contribution in [0.5, 0.6) is 5.75 Å². The highest BCUT2D eigenvalue weighted by atomic mass is 16.5. The molecule has 20 heteroatoms. The van der Waals surface area contributed by atoms with Crippen LogP contribution in [0.4, 0.5) is 4.79 Å². The number of para-hydroxylation sites is 1.